The number of hydrogen-bond donors (Lipinski definition) is 1. The normalized spacial score (nSPS) is 13.1. The van der Waals surface area contributed by atoms with E-state index in [0.717, 1.165) is 22.4 Å². The van der Waals surface area contributed by atoms with Crippen LogP contribution in [-0.4, -0.2) is 22.1 Å². The maximum absolute atomic E-state index is 12.3. The van der Waals surface area contributed by atoms with Gasteiger partial charge in [0.15, 0.2) is 0 Å². The lowest BCUT2D eigenvalue weighted by atomic mass is 9.89. The van der Waals surface area contributed by atoms with E-state index in [-0.39, 0.29) is 17.6 Å². The second-order valence-corrected chi connectivity index (χ2v) is 5.68. The molecule has 0 aliphatic rings. The number of carbonyl (C=O) groups excluding carboxylic acids is 1. The van der Waals surface area contributed by atoms with Crippen molar-refractivity contribution in [3.63, 3.8) is 0 Å². The lowest BCUT2D eigenvalue weighted by Crippen LogP contribution is -2.30. The molecule has 1 unspecified atom stereocenters. The van der Waals surface area contributed by atoms with Gasteiger partial charge in [-0.05, 0) is 35.7 Å². The van der Waals surface area contributed by atoms with Crippen molar-refractivity contribution < 1.29 is 4.79 Å². The van der Waals surface area contributed by atoms with Gasteiger partial charge >= 0.3 is 0 Å². The van der Waals surface area contributed by atoms with Crippen molar-refractivity contribution in [3.05, 3.63) is 15.9 Å². The van der Waals surface area contributed by atoms with Gasteiger partial charge in [-0.2, -0.15) is 5.10 Å². The molecule has 0 amide bonds. The highest BCUT2D eigenvalue weighted by atomic mass is 79.9. The Labute approximate surface area is 117 Å². The highest BCUT2D eigenvalue weighted by Gasteiger charge is 2.23. The van der Waals surface area contributed by atoms with E-state index < -0.39 is 0 Å². The van der Waals surface area contributed by atoms with E-state index >= 15 is 0 Å². The van der Waals surface area contributed by atoms with Crippen LogP contribution in [0.4, 0.5) is 0 Å². The maximum atomic E-state index is 12.3. The molecule has 18 heavy (non-hydrogen) atoms. The van der Waals surface area contributed by atoms with Crippen LogP contribution >= 0.6 is 15.9 Å². The van der Waals surface area contributed by atoms with Gasteiger partial charge < -0.3 is 5.73 Å². The summed E-state index contributed by atoms with van der Waals surface area (Å²) in [5.41, 5.74) is 7.57. The maximum Gasteiger partial charge on any atom is 0.143 e. The molecule has 0 bridgehead atoms. The summed E-state index contributed by atoms with van der Waals surface area (Å²) >= 11 is 3.51. The van der Waals surface area contributed by atoms with Gasteiger partial charge in [0.2, 0.25) is 0 Å². The number of nitrogens with zero attached hydrogens (tertiary/aromatic N) is 2. The molecule has 4 nitrogen and oxygen atoms in total. The van der Waals surface area contributed by atoms with Crippen LogP contribution in [0.5, 0.6) is 0 Å². The van der Waals surface area contributed by atoms with E-state index in [2.05, 4.69) is 21.0 Å². The predicted molar refractivity (Wildman–Crippen MR) is 76.4 cm³/mol. The van der Waals surface area contributed by atoms with Crippen molar-refractivity contribution in [3.8, 4) is 0 Å². The topological polar surface area (TPSA) is 60.9 Å². The average molecular weight is 316 g/mol. The van der Waals surface area contributed by atoms with Gasteiger partial charge in [-0.1, -0.05) is 13.8 Å². The molecule has 0 aliphatic carbocycles. The highest BCUT2D eigenvalue weighted by Crippen LogP contribution is 2.23. The largest absolute Gasteiger partial charge is 0.330 e. The first-order chi connectivity index (χ1) is 8.42. The van der Waals surface area contributed by atoms with Crippen LogP contribution in [0, 0.1) is 18.8 Å². The minimum absolute atomic E-state index is 0.0718. The van der Waals surface area contributed by atoms with Crippen molar-refractivity contribution >= 4 is 21.7 Å². The van der Waals surface area contributed by atoms with Gasteiger partial charge in [0.1, 0.15) is 5.78 Å². The molecule has 1 atom stereocenters. The second kappa shape index (κ2) is 6.48. The van der Waals surface area contributed by atoms with Gasteiger partial charge in [-0.15, -0.1) is 0 Å². The molecule has 1 aromatic heterocycles. The smallest absolute Gasteiger partial charge is 0.143 e. The number of nitrogens with two attached hydrogens (primary N) is 1. The summed E-state index contributed by atoms with van der Waals surface area (Å²) in [7, 11) is 0. The molecule has 0 fully saturated rings. The van der Waals surface area contributed by atoms with Gasteiger partial charge in [-0.25, -0.2) is 0 Å². The molecule has 0 saturated carbocycles. The molecular formula is C13H22BrN3O. The number of aryl methyl sites for hydroxylation is 2. The number of Topliss-reactive ketones (excluding diaryl/α,β-unsaturated/α-hetero) is 1. The van der Waals surface area contributed by atoms with Crippen molar-refractivity contribution in [2.24, 2.45) is 17.6 Å². The zero-order valence-electron chi connectivity index (χ0n) is 11.5. The first-order valence-electron chi connectivity index (χ1n) is 6.36. The molecule has 0 spiro atoms. The SMILES string of the molecule is CCn1nc(C)c(Br)c1CC(=O)C(CN)C(C)C. The van der Waals surface area contributed by atoms with Crippen molar-refractivity contribution in [1.29, 1.82) is 0 Å². The van der Waals surface area contributed by atoms with Crippen molar-refractivity contribution in [2.75, 3.05) is 6.54 Å². The van der Waals surface area contributed by atoms with Gasteiger partial charge in [-0.3, -0.25) is 9.48 Å². The fraction of sp³-hybridized carbons (Fsp3) is 0.692. The number of rotatable bonds is 6. The molecule has 1 aromatic rings. The van der Waals surface area contributed by atoms with Crippen molar-refractivity contribution in [2.45, 2.75) is 40.7 Å². The van der Waals surface area contributed by atoms with Crippen molar-refractivity contribution in [1.82, 2.24) is 9.78 Å². The van der Waals surface area contributed by atoms with Crippen LogP contribution < -0.4 is 5.73 Å². The van der Waals surface area contributed by atoms with Crippen LogP contribution in [0.3, 0.4) is 0 Å². The van der Waals surface area contributed by atoms with Crippen LogP contribution in [0.2, 0.25) is 0 Å². The Morgan fingerprint density at radius 1 is 1.50 bits per heavy atom. The summed E-state index contributed by atoms with van der Waals surface area (Å²) in [6.45, 7) is 9.21. The molecule has 5 heteroatoms. The molecule has 1 rings (SSSR count). The predicted octanol–water partition coefficient (Wildman–Crippen LogP) is 2.32. The second-order valence-electron chi connectivity index (χ2n) is 4.89. The van der Waals surface area contributed by atoms with E-state index in [9.17, 15) is 4.79 Å². The Morgan fingerprint density at radius 2 is 2.11 bits per heavy atom. The minimum atomic E-state index is -0.0718. The van der Waals surface area contributed by atoms with E-state index in [1.54, 1.807) is 0 Å². The number of halogens is 1. The number of ketones is 1. The molecule has 1 heterocycles. The zero-order valence-corrected chi connectivity index (χ0v) is 13.1. The fourth-order valence-corrected chi connectivity index (χ4v) is 2.53. The summed E-state index contributed by atoms with van der Waals surface area (Å²) in [5.74, 6) is 0.403. The zero-order chi connectivity index (χ0) is 13.9. The van der Waals surface area contributed by atoms with Gasteiger partial charge in [0.25, 0.3) is 0 Å². The summed E-state index contributed by atoms with van der Waals surface area (Å²) < 4.78 is 2.82. The Balaban J connectivity index is 2.94. The summed E-state index contributed by atoms with van der Waals surface area (Å²) in [4.78, 5) is 12.3. The lowest BCUT2D eigenvalue weighted by Gasteiger charge is -2.17. The number of hydrogen-bond acceptors (Lipinski definition) is 3. The van der Waals surface area contributed by atoms with E-state index in [4.69, 9.17) is 5.73 Å². The Bertz CT molecular complexity index is 426. The van der Waals surface area contributed by atoms with Crippen LogP contribution in [0.25, 0.3) is 0 Å². The minimum Gasteiger partial charge on any atom is -0.330 e. The standard InChI is InChI=1S/C13H22BrN3O/c1-5-17-11(13(14)9(4)16-17)6-12(18)10(7-15)8(2)3/h8,10H,5-7,15H2,1-4H3. The fourth-order valence-electron chi connectivity index (χ4n) is 2.11. The highest BCUT2D eigenvalue weighted by molar-refractivity contribution is 9.10. The summed E-state index contributed by atoms with van der Waals surface area (Å²) in [6, 6.07) is 0. The molecule has 0 aliphatic heterocycles. The Hall–Kier alpha value is -0.680. The molecular weight excluding hydrogens is 294 g/mol. The third kappa shape index (κ3) is 3.20. The van der Waals surface area contributed by atoms with Crippen LogP contribution in [0.1, 0.15) is 32.2 Å². The Kier molecular flexibility index (Phi) is 5.53. The molecule has 2 N–H and O–H groups in total. The summed E-state index contributed by atoms with van der Waals surface area (Å²) in [5, 5.41) is 4.40. The number of carbonyl (C=O) groups is 1. The average Bonchev–Trinajstić information content (AvgIpc) is 2.57. The lowest BCUT2D eigenvalue weighted by molar-refractivity contribution is -0.123. The Morgan fingerprint density at radius 3 is 2.56 bits per heavy atom. The molecule has 0 saturated heterocycles. The van der Waals surface area contributed by atoms with Crippen LogP contribution in [-0.2, 0) is 17.8 Å². The van der Waals surface area contributed by atoms with Gasteiger partial charge in [0, 0.05) is 25.4 Å². The third-order valence-corrected chi connectivity index (χ3v) is 4.30. The third-order valence-electron chi connectivity index (χ3n) is 3.27. The molecule has 102 valence electrons. The first kappa shape index (κ1) is 15.4. The quantitative estimate of drug-likeness (QED) is 0.876. The van der Waals surface area contributed by atoms with E-state index in [1.807, 2.05) is 32.4 Å². The van der Waals surface area contributed by atoms with E-state index in [1.165, 1.54) is 0 Å². The summed E-state index contributed by atoms with van der Waals surface area (Å²) in [6.07, 6.45) is 0.398. The molecule has 0 radical (unpaired) electrons. The monoisotopic (exact) mass is 315 g/mol. The van der Waals surface area contributed by atoms with E-state index in [0.29, 0.717) is 13.0 Å². The molecule has 0 aromatic carbocycles. The first-order valence-corrected chi connectivity index (χ1v) is 7.16. The van der Waals surface area contributed by atoms with Gasteiger partial charge in [0.05, 0.1) is 15.9 Å². The van der Waals surface area contributed by atoms with Crippen LogP contribution in [0.15, 0.2) is 4.47 Å². The number of aromatic nitrogens is 2.